The van der Waals surface area contributed by atoms with E-state index in [0.29, 0.717) is 0 Å². The number of benzene rings is 9. The Balaban J connectivity index is 1.14. The summed E-state index contributed by atoms with van der Waals surface area (Å²) in [4.78, 5) is 0. The van der Waals surface area contributed by atoms with E-state index in [0.717, 1.165) is 17.1 Å². The van der Waals surface area contributed by atoms with Crippen LogP contribution in [0.5, 0.6) is 0 Å². The predicted molar refractivity (Wildman–Crippen MR) is 240 cm³/mol. The number of rotatable bonds is 5. The van der Waals surface area contributed by atoms with Crippen molar-refractivity contribution in [2.45, 2.75) is 0 Å². The third kappa shape index (κ3) is 4.79. The quantitative estimate of drug-likeness (QED) is 0.168. The maximum Gasteiger partial charge on any atom is 0.0547 e. The Morgan fingerprint density at radius 1 is 0.228 bits per heavy atom. The van der Waals surface area contributed by atoms with Gasteiger partial charge >= 0.3 is 0 Å². The molecule has 0 atom stereocenters. The van der Waals surface area contributed by atoms with Gasteiger partial charge in [-0.25, -0.2) is 0 Å². The predicted octanol–water partition coefficient (Wildman–Crippen LogP) is 14.3. The number of hydrogen-bond acceptors (Lipinski definition) is 0. The molecule has 0 N–H and O–H groups in total. The maximum absolute atomic E-state index is 2.47. The van der Waals surface area contributed by atoms with Crippen LogP contribution in [-0.4, -0.2) is 13.7 Å². The third-order valence-electron chi connectivity index (χ3n) is 11.8. The molecule has 3 heterocycles. The molecule has 0 aliphatic heterocycles. The largest absolute Gasteiger partial charge is 0.309 e. The average Bonchev–Trinajstić information content (AvgIpc) is 3.92. The first kappa shape index (κ1) is 31.7. The SMILES string of the molecule is c1ccc(-c2cc(-n3c4ccccc4c4ccccc43)cc(-n3c4ccccc4c4c(-c5ccc6c7ccccc7n(-c7ccccc7)c6c5)cccc43)c2)cc1. The number of para-hydroxylation sites is 5. The van der Waals surface area contributed by atoms with Crippen molar-refractivity contribution in [2.24, 2.45) is 0 Å². The zero-order valence-corrected chi connectivity index (χ0v) is 31.0. The lowest BCUT2D eigenvalue weighted by atomic mass is 9.98. The van der Waals surface area contributed by atoms with Crippen LogP contribution in [0.3, 0.4) is 0 Å². The molecule has 266 valence electrons. The van der Waals surface area contributed by atoms with Crippen molar-refractivity contribution in [3.8, 4) is 39.3 Å². The minimum absolute atomic E-state index is 1.12. The molecular weight excluding hydrogens is 691 g/mol. The molecule has 9 aromatic carbocycles. The molecule has 0 fully saturated rings. The van der Waals surface area contributed by atoms with E-state index in [-0.39, 0.29) is 0 Å². The van der Waals surface area contributed by atoms with Crippen LogP contribution in [-0.2, 0) is 0 Å². The molecule has 57 heavy (non-hydrogen) atoms. The van der Waals surface area contributed by atoms with Gasteiger partial charge in [0, 0.05) is 49.4 Å². The highest BCUT2D eigenvalue weighted by Crippen LogP contribution is 2.42. The molecule has 0 radical (unpaired) electrons. The van der Waals surface area contributed by atoms with Gasteiger partial charge in [0.25, 0.3) is 0 Å². The average molecular weight is 726 g/mol. The van der Waals surface area contributed by atoms with Gasteiger partial charge in [-0.05, 0) is 89.0 Å². The summed E-state index contributed by atoms with van der Waals surface area (Å²) in [7, 11) is 0. The maximum atomic E-state index is 2.47. The first-order chi connectivity index (χ1) is 28.3. The molecule has 12 rings (SSSR count). The third-order valence-corrected chi connectivity index (χ3v) is 11.8. The smallest absolute Gasteiger partial charge is 0.0547 e. The summed E-state index contributed by atoms with van der Waals surface area (Å²) in [6.07, 6.45) is 0. The van der Waals surface area contributed by atoms with Gasteiger partial charge < -0.3 is 13.7 Å². The topological polar surface area (TPSA) is 14.8 Å². The minimum Gasteiger partial charge on any atom is -0.309 e. The normalized spacial score (nSPS) is 11.9. The van der Waals surface area contributed by atoms with Crippen LogP contribution in [0.2, 0.25) is 0 Å². The fourth-order valence-electron chi connectivity index (χ4n) is 9.38. The lowest BCUT2D eigenvalue weighted by Crippen LogP contribution is -2.00. The van der Waals surface area contributed by atoms with Gasteiger partial charge in [-0.1, -0.05) is 146 Å². The second-order valence-corrected chi connectivity index (χ2v) is 14.9. The number of hydrogen-bond donors (Lipinski definition) is 0. The molecule has 0 aliphatic rings. The van der Waals surface area contributed by atoms with E-state index in [1.165, 1.54) is 87.7 Å². The molecule has 12 aromatic rings. The molecule has 0 aliphatic carbocycles. The lowest BCUT2D eigenvalue weighted by Gasteiger charge is -2.16. The molecule has 3 nitrogen and oxygen atoms in total. The fourth-order valence-corrected chi connectivity index (χ4v) is 9.38. The Morgan fingerprint density at radius 2 is 0.684 bits per heavy atom. The van der Waals surface area contributed by atoms with Crippen LogP contribution >= 0.6 is 0 Å². The van der Waals surface area contributed by atoms with E-state index in [1.807, 2.05) is 0 Å². The summed E-state index contributed by atoms with van der Waals surface area (Å²) < 4.78 is 7.31. The zero-order chi connectivity index (χ0) is 37.5. The highest BCUT2D eigenvalue weighted by Gasteiger charge is 2.20. The molecule has 0 saturated carbocycles. The van der Waals surface area contributed by atoms with Gasteiger partial charge in [-0.3, -0.25) is 0 Å². The van der Waals surface area contributed by atoms with Gasteiger partial charge in [0.2, 0.25) is 0 Å². The number of aromatic nitrogens is 3. The first-order valence-corrected chi connectivity index (χ1v) is 19.6. The molecule has 0 spiro atoms. The standard InChI is InChI=1S/C54H35N3/c1-3-16-36(17-4-1)38-32-40(56-49-26-12-7-20-43(49)44-21-8-13-27-50(44)56)35-41(33-38)57-51-28-14-10-23-47(51)54-42(24-15-29-52(54)57)37-30-31-46-45-22-9-11-25-48(45)55(53(46)34-37)39-18-5-2-6-19-39/h1-35H. The summed E-state index contributed by atoms with van der Waals surface area (Å²) >= 11 is 0. The van der Waals surface area contributed by atoms with Crippen molar-refractivity contribution in [2.75, 3.05) is 0 Å². The van der Waals surface area contributed by atoms with Crippen molar-refractivity contribution in [1.82, 2.24) is 13.7 Å². The van der Waals surface area contributed by atoms with E-state index in [9.17, 15) is 0 Å². The van der Waals surface area contributed by atoms with Crippen LogP contribution < -0.4 is 0 Å². The number of nitrogens with zero attached hydrogens (tertiary/aromatic N) is 3. The Kier molecular flexibility index (Phi) is 6.93. The van der Waals surface area contributed by atoms with Crippen molar-refractivity contribution < 1.29 is 0 Å². The molecule has 0 amide bonds. The lowest BCUT2D eigenvalue weighted by molar-refractivity contribution is 1.13. The van der Waals surface area contributed by atoms with Gasteiger partial charge in [0.15, 0.2) is 0 Å². The first-order valence-electron chi connectivity index (χ1n) is 19.6. The van der Waals surface area contributed by atoms with Gasteiger partial charge in [0.05, 0.1) is 33.1 Å². The van der Waals surface area contributed by atoms with Crippen LogP contribution in [0.4, 0.5) is 0 Å². The Labute approximate surface area is 329 Å². The van der Waals surface area contributed by atoms with Crippen LogP contribution in [0.25, 0.3) is 105 Å². The summed E-state index contributed by atoms with van der Waals surface area (Å²) in [5.41, 5.74) is 15.3. The van der Waals surface area contributed by atoms with E-state index in [4.69, 9.17) is 0 Å². The highest BCUT2D eigenvalue weighted by atomic mass is 15.0. The van der Waals surface area contributed by atoms with Crippen molar-refractivity contribution in [3.05, 3.63) is 212 Å². The molecular formula is C54H35N3. The van der Waals surface area contributed by atoms with Gasteiger partial charge in [0.1, 0.15) is 0 Å². The Bertz CT molecular complexity index is 3460. The second-order valence-electron chi connectivity index (χ2n) is 14.9. The van der Waals surface area contributed by atoms with E-state index >= 15 is 0 Å². The van der Waals surface area contributed by atoms with Gasteiger partial charge in [-0.2, -0.15) is 0 Å². The Hall–Kier alpha value is -7.62. The summed E-state index contributed by atoms with van der Waals surface area (Å²) in [5.74, 6) is 0. The summed E-state index contributed by atoms with van der Waals surface area (Å²) in [6.45, 7) is 0. The fraction of sp³-hybridized carbons (Fsp3) is 0. The van der Waals surface area contributed by atoms with E-state index in [1.54, 1.807) is 0 Å². The molecule has 3 heteroatoms. The molecule has 0 saturated heterocycles. The number of fused-ring (bicyclic) bond motifs is 9. The van der Waals surface area contributed by atoms with Crippen molar-refractivity contribution in [1.29, 1.82) is 0 Å². The summed E-state index contributed by atoms with van der Waals surface area (Å²) in [5, 5.41) is 7.50. The molecule has 0 unspecified atom stereocenters. The zero-order valence-electron chi connectivity index (χ0n) is 31.0. The highest BCUT2D eigenvalue weighted by molar-refractivity contribution is 6.17. The van der Waals surface area contributed by atoms with Crippen molar-refractivity contribution >= 4 is 65.4 Å². The summed E-state index contributed by atoms with van der Waals surface area (Å²) in [6, 6.07) is 77.5. The second kappa shape index (κ2) is 12.5. The van der Waals surface area contributed by atoms with E-state index in [2.05, 4.69) is 226 Å². The van der Waals surface area contributed by atoms with Crippen LogP contribution in [0, 0.1) is 0 Å². The molecule has 0 bridgehead atoms. The van der Waals surface area contributed by atoms with Crippen molar-refractivity contribution in [3.63, 3.8) is 0 Å². The van der Waals surface area contributed by atoms with Crippen LogP contribution in [0.1, 0.15) is 0 Å². The van der Waals surface area contributed by atoms with E-state index < -0.39 is 0 Å². The molecule has 3 aromatic heterocycles. The van der Waals surface area contributed by atoms with Gasteiger partial charge in [-0.15, -0.1) is 0 Å². The Morgan fingerprint density at radius 3 is 1.30 bits per heavy atom. The monoisotopic (exact) mass is 725 g/mol. The minimum atomic E-state index is 1.12. The van der Waals surface area contributed by atoms with Crippen LogP contribution in [0.15, 0.2) is 212 Å².